The van der Waals surface area contributed by atoms with Gasteiger partial charge in [0.15, 0.2) is 5.69 Å². The van der Waals surface area contributed by atoms with Gasteiger partial charge in [0.05, 0.1) is 25.2 Å². The Morgan fingerprint density at radius 3 is 3.11 bits per heavy atom. The van der Waals surface area contributed by atoms with E-state index in [9.17, 15) is 4.79 Å². The first-order valence-corrected chi connectivity index (χ1v) is 9.83. The zero-order chi connectivity index (χ0) is 19.9. The van der Waals surface area contributed by atoms with Crippen LogP contribution in [-0.4, -0.2) is 41.0 Å². The number of carbonyl (C=O) groups excluding carboxylic acids is 1. The van der Waals surface area contributed by atoms with Crippen molar-refractivity contribution in [1.82, 2.24) is 14.0 Å². The summed E-state index contributed by atoms with van der Waals surface area (Å²) < 4.78 is 15.8. The second-order valence-electron chi connectivity index (χ2n) is 6.58. The van der Waals surface area contributed by atoms with Crippen LogP contribution in [0.3, 0.4) is 0 Å². The molecule has 1 fully saturated rings. The third-order valence-corrected chi connectivity index (χ3v) is 5.25. The Hall–Kier alpha value is -2.54. The Labute approximate surface area is 168 Å². The summed E-state index contributed by atoms with van der Waals surface area (Å²) in [6.07, 6.45) is 2.43. The van der Waals surface area contributed by atoms with Gasteiger partial charge in [-0.25, -0.2) is 4.31 Å². The maximum atomic E-state index is 12.3. The summed E-state index contributed by atoms with van der Waals surface area (Å²) in [5.74, 6) is -0.332. The summed E-state index contributed by atoms with van der Waals surface area (Å²) >= 11 is 1.22. The highest BCUT2D eigenvalue weighted by atomic mass is 32.2. The molecule has 1 aliphatic heterocycles. The molecule has 0 spiro atoms. The van der Waals surface area contributed by atoms with E-state index in [-0.39, 0.29) is 23.7 Å². The predicted molar refractivity (Wildman–Crippen MR) is 107 cm³/mol. The molecule has 1 aromatic heterocycles. The molecular weight excluding hydrogens is 378 g/mol. The van der Waals surface area contributed by atoms with Gasteiger partial charge in [-0.3, -0.25) is 9.52 Å². The molecule has 1 aromatic carbocycles. The zero-order valence-electron chi connectivity index (χ0n) is 15.9. The number of benzene rings is 1. The number of oxazole rings is 1. The van der Waals surface area contributed by atoms with Gasteiger partial charge in [-0.15, -0.1) is 0 Å². The lowest BCUT2D eigenvalue weighted by molar-refractivity contribution is 0.0672. The van der Waals surface area contributed by atoms with Crippen molar-refractivity contribution in [2.45, 2.75) is 32.8 Å². The highest BCUT2D eigenvalue weighted by molar-refractivity contribution is 7.95. The number of amides is 1. The maximum Gasteiger partial charge on any atom is 0.299 e. The van der Waals surface area contributed by atoms with Gasteiger partial charge in [0.1, 0.15) is 6.26 Å². The minimum Gasteiger partial charge on any atom is -0.431 e. The van der Waals surface area contributed by atoms with E-state index < -0.39 is 0 Å². The average molecular weight is 401 g/mol. The Kier molecular flexibility index (Phi) is 6.92. The summed E-state index contributed by atoms with van der Waals surface area (Å²) in [4.78, 5) is 16.6. The Morgan fingerprint density at radius 1 is 1.43 bits per heavy atom. The number of carbonyl (C=O) groups is 1. The normalized spacial score (nSPS) is 17.5. The lowest BCUT2D eigenvalue weighted by atomic mass is 10.1. The van der Waals surface area contributed by atoms with Crippen molar-refractivity contribution in [1.29, 1.82) is 5.26 Å². The number of aromatic nitrogens is 1. The molecule has 0 saturated carbocycles. The van der Waals surface area contributed by atoms with E-state index >= 15 is 0 Å². The number of hydrogen-bond donors (Lipinski definition) is 2. The molecule has 148 valence electrons. The fourth-order valence-electron chi connectivity index (χ4n) is 2.74. The first-order valence-electron chi connectivity index (χ1n) is 9.06. The average Bonchev–Trinajstić information content (AvgIpc) is 3.03. The molecule has 1 saturated heterocycles. The Morgan fingerprint density at radius 2 is 2.29 bits per heavy atom. The lowest BCUT2D eigenvalue weighted by Gasteiger charge is -2.16. The second-order valence-corrected chi connectivity index (χ2v) is 7.48. The molecule has 1 amide bonds. The molecule has 2 N–H and O–H groups in total. The summed E-state index contributed by atoms with van der Waals surface area (Å²) in [6.45, 7) is 5.93. The number of nitrogens with zero attached hydrogens (tertiary/aromatic N) is 3. The van der Waals surface area contributed by atoms with Crippen molar-refractivity contribution in [3.63, 3.8) is 0 Å². The first kappa shape index (κ1) is 20.2. The van der Waals surface area contributed by atoms with E-state index in [0.717, 1.165) is 29.8 Å². The smallest absolute Gasteiger partial charge is 0.299 e. The van der Waals surface area contributed by atoms with Crippen LogP contribution in [0.1, 0.15) is 34.5 Å². The van der Waals surface area contributed by atoms with Crippen LogP contribution >= 0.6 is 12.1 Å². The molecule has 9 heteroatoms. The molecule has 1 aliphatic rings. The van der Waals surface area contributed by atoms with Crippen LogP contribution in [0.5, 0.6) is 0 Å². The summed E-state index contributed by atoms with van der Waals surface area (Å²) in [7, 11) is 0. The zero-order valence-corrected chi connectivity index (χ0v) is 16.7. The monoisotopic (exact) mass is 401 g/mol. The molecule has 0 aliphatic carbocycles. The van der Waals surface area contributed by atoms with Crippen molar-refractivity contribution in [3.05, 3.63) is 41.3 Å². The van der Waals surface area contributed by atoms with Gasteiger partial charge in [0.2, 0.25) is 0 Å². The number of anilines is 2. The Balaban J connectivity index is 1.52. The van der Waals surface area contributed by atoms with Crippen molar-refractivity contribution >= 4 is 29.7 Å². The molecule has 2 aromatic rings. The molecule has 28 heavy (non-hydrogen) atoms. The first-order chi connectivity index (χ1) is 13.5. The molecule has 3 rings (SSSR count). The topological polar surface area (TPSA) is 103 Å². The SMILES string of the molecule is Cc1ccc(C)c(Nc2nc(C(=O)NSN3CCOC(CC#N)CC3)co2)c1. The largest absolute Gasteiger partial charge is 0.431 e. The number of ether oxygens (including phenoxy) is 1. The standard InChI is InChI=1S/C19H23N5O3S/c1-13-3-4-14(2)16(11-13)21-19-22-17(12-27-19)18(25)23-28-24-8-6-15(5-7-20)26-10-9-24/h3-4,11-12,15H,5-6,8-10H2,1-2H3,(H,21,22)(H,23,25). The van der Waals surface area contributed by atoms with E-state index in [4.69, 9.17) is 14.4 Å². The van der Waals surface area contributed by atoms with Gasteiger partial charge in [-0.2, -0.15) is 10.2 Å². The summed E-state index contributed by atoms with van der Waals surface area (Å²) in [5.41, 5.74) is 3.27. The van der Waals surface area contributed by atoms with Crippen molar-refractivity contribution in [3.8, 4) is 6.07 Å². The highest BCUT2D eigenvalue weighted by Gasteiger charge is 2.19. The van der Waals surface area contributed by atoms with Gasteiger partial charge < -0.3 is 14.5 Å². The second kappa shape index (κ2) is 9.59. The molecular formula is C19H23N5O3S. The van der Waals surface area contributed by atoms with Gasteiger partial charge in [0.25, 0.3) is 11.9 Å². The van der Waals surface area contributed by atoms with Crippen LogP contribution in [0.2, 0.25) is 0 Å². The van der Waals surface area contributed by atoms with Crippen LogP contribution in [0, 0.1) is 25.2 Å². The number of nitriles is 1. The van der Waals surface area contributed by atoms with Crippen molar-refractivity contribution < 1.29 is 13.9 Å². The van der Waals surface area contributed by atoms with E-state index in [2.05, 4.69) is 21.1 Å². The lowest BCUT2D eigenvalue weighted by Crippen LogP contribution is -2.27. The fraction of sp³-hybridized carbons (Fsp3) is 0.421. The summed E-state index contributed by atoms with van der Waals surface area (Å²) in [6, 6.07) is 8.44. The van der Waals surface area contributed by atoms with Crippen molar-refractivity contribution in [2.75, 3.05) is 25.0 Å². The minimum absolute atomic E-state index is 0.0412. The van der Waals surface area contributed by atoms with Gasteiger partial charge >= 0.3 is 0 Å². The minimum atomic E-state index is -0.332. The van der Waals surface area contributed by atoms with Gasteiger partial charge in [0, 0.05) is 30.9 Å². The van der Waals surface area contributed by atoms with E-state index in [1.165, 1.54) is 18.4 Å². The highest BCUT2D eigenvalue weighted by Crippen LogP contribution is 2.22. The third-order valence-electron chi connectivity index (χ3n) is 4.35. The third kappa shape index (κ3) is 5.48. The maximum absolute atomic E-state index is 12.3. The number of nitrogens with one attached hydrogen (secondary N) is 2. The van der Waals surface area contributed by atoms with Crippen LogP contribution in [-0.2, 0) is 4.74 Å². The molecule has 1 unspecified atom stereocenters. The van der Waals surface area contributed by atoms with Crippen molar-refractivity contribution in [2.24, 2.45) is 0 Å². The molecule has 1 atom stereocenters. The number of hydrogen-bond acceptors (Lipinski definition) is 8. The van der Waals surface area contributed by atoms with Crippen LogP contribution in [0.25, 0.3) is 0 Å². The van der Waals surface area contributed by atoms with E-state index in [1.807, 2.05) is 36.4 Å². The molecule has 0 bridgehead atoms. The van der Waals surface area contributed by atoms with Gasteiger partial charge in [-0.05, 0) is 37.5 Å². The van der Waals surface area contributed by atoms with E-state index in [1.54, 1.807) is 0 Å². The number of rotatable bonds is 6. The molecule has 8 nitrogen and oxygen atoms in total. The predicted octanol–water partition coefficient (Wildman–Crippen LogP) is 3.33. The van der Waals surface area contributed by atoms with Crippen LogP contribution in [0.4, 0.5) is 11.7 Å². The summed E-state index contributed by atoms with van der Waals surface area (Å²) in [5, 5.41) is 11.9. The van der Waals surface area contributed by atoms with Crippen LogP contribution in [0.15, 0.2) is 28.9 Å². The Bertz CT molecular complexity index is 863. The number of aryl methyl sites for hydroxylation is 2. The van der Waals surface area contributed by atoms with E-state index in [0.29, 0.717) is 19.6 Å². The van der Waals surface area contributed by atoms with Gasteiger partial charge in [-0.1, -0.05) is 12.1 Å². The fourth-order valence-corrected chi connectivity index (χ4v) is 3.42. The van der Waals surface area contributed by atoms with Crippen LogP contribution < -0.4 is 10.0 Å². The quantitative estimate of drug-likeness (QED) is 0.711. The molecule has 0 radical (unpaired) electrons. The molecule has 2 heterocycles.